The fourth-order valence-electron chi connectivity index (χ4n) is 2.41. The Hall–Kier alpha value is -1.82. The SMILES string of the molecule is CCO[Si](OCC)(c1ccccc1O)c1ccccc1O. The van der Waals surface area contributed by atoms with Crippen LogP contribution in [0.15, 0.2) is 48.5 Å². The lowest BCUT2D eigenvalue weighted by Gasteiger charge is -2.31. The van der Waals surface area contributed by atoms with Gasteiger partial charge in [-0.05, 0) is 26.0 Å². The van der Waals surface area contributed by atoms with E-state index in [9.17, 15) is 10.2 Å². The maximum atomic E-state index is 10.2. The molecule has 2 rings (SSSR count). The van der Waals surface area contributed by atoms with Crippen molar-refractivity contribution >= 4 is 18.9 Å². The zero-order valence-corrected chi connectivity index (χ0v) is 13.2. The molecule has 2 aromatic rings. The number of rotatable bonds is 6. The smallest absolute Gasteiger partial charge is 0.414 e. The molecule has 21 heavy (non-hydrogen) atoms. The molecule has 0 aliphatic carbocycles. The van der Waals surface area contributed by atoms with E-state index in [1.807, 2.05) is 26.0 Å². The Morgan fingerprint density at radius 1 is 0.762 bits per heavy atom. The van der Waals surface area contributed by atoms with Gasteiger partial charge < -0.3 is 19.1 Å². The predicted molar refractivity (Wildman–Crippen MR) is 84.5 cm³/mol. The summed E-state index contributed by atoms with van der Waals surface area (Å²) in [7, 11) is -3.14. The number of phenols is 2. The van der Waals surface area contributed by atoms with E-state index in [1.165, 1.54) is 0 Å². The zero-order chi connectivity index (χ0) is 15.3. The largest absolute Gasteiger partial charge is 0.508 e. The molecule has 0 aliphatic rings. The summed E-state index contributed by atoms with van der Waals surface area (Å²) in [6.45, 7) is 4.60. The number of hydrogen-bond acceptors (Lipinski definition) is 4. The summed E-state index contributed by atoms with van der Waals surface area (Å²) in [4.78, 5) is 0. The summed E-state index contributed by atoms with van der Waals surface area (Å²) in [6, 6.07) is 14.0. The molecule has 0 unspecified atom stereocenters. The van der Waals surface area contributed by atoms with Gasteiger partial charge in [0.2, 0.25) is 0 Å². The molecule has 0 fully saturated rings. The first-order valence-electron chi connectivity index (χ1n) is 7.00. The molecule has 2 aromatic carbocycles. The number of para-hydroxylation sites is 2. The molecule has 0 radical (unpaired) electrons. The van der Waals surface area contributed by atoms with E-state index in [2.05, 4.69) is 0 Å². The molecule has 0 spiro atoms. The van der Waals surface area contributed by atoms with Crippen molar-refractivity contribution in [1.29, 1.82) is 0 Å². The first kappa shape index (κ1) is 15.6. The first-order chi connectivity index (χ1) is 10.2. The normalized spacial score (nSPS) is 11.5. The van der Waals surface area contributed by atoms with Crippen LogP contribution in [0.1, 0.15) is 13.8 Å². The maximum absolute atomic E-state index is 10.2. The van der Waals surface area contributed by atoms with Crippen LogP contribution in [-0.4, -0.2) is 32.0 Å². The van der Waals surface area contributed by atoms with E-state index in [-0.39, 0.29) is 11.5 Å². The van der Waals surface area contributed by atoms with Crippen molar-refractivity contribution in [3.05, 3.63) is 48.5 Å². The first-order valence-corrected chi connectivity index (χ1v) is 8.82. The quantitative estimate of drug-likeness (QED) is 0.798. The van der Waals surface area contributed by atoms with Crippen LogP contribution in [0.25, 0.3) is 0 Å². The van der Waals surface area contributed by atoms with E-state index < -0.39 is 8.56 Å². The van der Waals surface area contributed by atoms with Gasteiger partial charge >= 0.3 is 8.56 Å². The van der Waals surface area contributed by atoms with E-state index in [0.29, 0.717) is 23.6 Å². The standard InChI is InChI=1S/C16H20O4Si/c1-3-19-21(20-4-2,15-11-7-5-9-13(15)17)16-12-8-6-10-14(16)18/h5-12,17-18H,3-4H2,1-2H3. The fraction of sp³-hybridized carbons (Fsp3) is 0.250. The summed E-state index contributed by atoms with van der Waals surface area (Å²) in [6.07, 6.45) is 0. The second kappa shape index (κ2) is 6.75. The van der Waals surface area contributed by atoms with E-state index in [0.717, 1.165) is 0 Å². The highest BCUT2D eigenvalue weighted by Gasteiger charge is 2.46. The van der Waals surface area contributed by atoms with Gasteiger partial charge in [0, 0.05) is 23.6 Å². The molecule has 112 valence electrons. The van der Waals surface area contributed by atoms with Gasteiger partial charge in [-0.1, -0.05) is 36.4 Å². The number of benzene rings is 2. The summed E-state index contributed by atoms with van der Waals surface area (Å²) in [5, 5.41) is 21.7. The molecule has 0 bridgehead atoms. The van der Waals surface area contributed by atoms with Crippen LogP contribution < -0.4 is 10.4 Å². The van der Waals surface area contributed by atoms with E-state index in [1.54, 1.807) is 36.4 Å². The fourth-order valence-corrected chi connectivity index (χ4v) is 5.69. The van der Waals surface area contributed by atoms with Gasteiger partial charge in [-0.25, -0.2) is 0 Å². The second-order valence-corrected chi connectivity index (χ2v) is 7.40. The third-order valence-corrected chi connectivity index (χ3v) is 6.87. The number of hydrogen-bond donors (Lipinski definition) is 2. The van der Waals surface area contributed by atoms with Crippen LogP contribution in [0.4, 0.5) is 0 Å². The van der Waals surface area contributed by atoms with Crippen molar-refractivity contribution in [2.45, 2.75) is 13.8 Å². The van der Waals surface area contributed by atoms with Gasteiger partial charge in [0.1, 0.15) is 11.5 Å². The Balaban J connectivity index is 2.69. The Labute approximate surface area is 125 Å². The Morgan fingerprint density at radius 3 is 1.48 bits per heavy atom. The van der Waals surface area contributed by atoms with Crippen LogP contribution in [0.2, 0.25) is 0 Å². The third kappa shape index (κ3) is 2.95. The maximum Gasteiger partial charge on any atom is 0.414 e. The molecular weight excluding hydrogens is 284 g/mol. The lowest BCUT2D eigenvalue weighted by molar-refractivity contribution is 0.207. The number of phenolic OH excluding ortho intramolecular Hbond substituents is 2. The molecule has 0 saturated heterocycles. The second-order valence-electron chi connectivity index (χ2n) is 4.52. The Morgan fingerprint density at radius 2 is 1.14 bits per heavy atom. The average molecular weight is 304 g/mol. The number of aromatic hydroxyl groups is 2. The molecule has 0 aliphatic heterocycles. The molecule has 0 saturated carbocycles. The molecular formula is C16H20O4Si. The van der Waals surface area contributed by atoms with Crippen molar-refractivity contribution in [3.63, 3.8) is 0 Å². The van der Waals surface area contributed by atoms with Crippen LogP contribution in [0, 0.1) is 0 Å². The molecule has 4 nitrogen and oxygen atoms in total. The lowest BCUT2D eigenvalue weighted by atomic mass is 10.3. The highest BCUT2D eigenvalue weighted by atomic mass is 28.4. The summed E-state index contributed by atoms with van der Waals surface area (Å²) < 4.78 is 12.0. The summed E-state index contributed by atoms with van der Waals surface area (Å²) >= 11 is 0. The average Bonchev–Trinajstić information content (AvgIpc) is 2.48. The predicted octanol–water partition coefficient (Wildman–Crippen LogP) is 1.73. The van der Waals surface area contributed by atoms with Gasteiger partial charge in [-0.2, -0.15) is 0 Å². The van der Waals surface area contributed by atoms with Crippen LogP contribution >= 0.6 is 0 Å². The third-order valence-electron chi connectivity index (χ3n) is 3.21. The van der Waals surface area contributed by atoms with Crippen molar-refractivity contribution in [2.75, 3.05) is 13.2 Å². The van der Waals surface area contributed by atoms with Gasteiger partial charge in [-0.3, -0.25) is 0 Å². The monoisotopic (exact) mass is 304 g/mol. The topological polar surface area (TPSA) is 58.9 Å². The Bertz CT molecular complexity index is 547. The van der Waals surface area contributed by atoms with Gasteiger partial charge in [0.15, 0.2) is 0 Å². The van der Waals surface area contributed by atoms with E-state index in [4.69, 9.17) is 8.85 Å². The van der Waals surface area contributed by atoms with Gasteiger partial charge in [0.05, 0.1) is 0 Å². The van der Waals surface area contributed by atoms with Crippen molar-refractivity contribution < 1.29 is 19.1 Å². The van der Waals surface area contributed by atoms with Crippen LogP contribution in [-0.2, 0) is 8.85 Å². The molecule has 0 atom stereocenters. The molecule has 0 amide bonds. The molecule has 5 heteroatoms. The zero-order valence-electron chi connectivity index (χ0n) is 12.2. The minimum absolute atomic E-state index is 0.120. The van der Waals surface area contributed by atoms with Crippen molar-refractivity contribution in [3.8, 4) is 11.5 Å². The molecule has 0 heterocycles. The van der Waals surface area contributed by atoms with Crippen LogP contribution in [0.5, 0.6) is 11.5 Å². The Kier molecular flexibility index (Phi) is 5.01. The summed E-state index contributed by atoms with van der Waals surface area (Å²) in [5.74, 6) is 0.239. The summed E-state index contributed by atoms with van der Waals surface area (Å²) in [5.41, 5.74) is 0. The van der Waals surface area contributed by atoms with Gasteiger partial charge in [-0.15, -0.1) is 0 Å². The van der Waals surface area contributed by atoms with Crippen molar-refractivity contribution in [1.82, 2.24) is 0 Å². The minimum Gasteiger partial charge on any atom is -0.508 e. The highest BCUT2D eigenvalue weighted by Crippen LogP contribution is 2.20. The minimum atomic E-state index is -3.14. The highest BCUT2D eigenvalue weighted by molar-refractivity contribution is 6.93. The van der Waals surface area contributed by atoms with Gasteiger partial charge in [0.25, 0.3) is 0 Å². The van der Waals surface area contributed by atoms with Crippen LogP contribution in [0.3, 0.4) is 0 Å². The van der Waals surface area contributed by atoms with Crippen molar-refractivity contribution in [2.24, 2.45) is 0 Å². The molecule has 0 aromatic heterocycles. The molecule has 2 N–H and O–H groups in total. The van der Waals surface area contributed by atoms with E-state index >= 15 is 0 Å². The lowest BCUT2D eigenvalue weighted by Crippen LogP contribution is -2.63.